The highest BCUT2D eigenvalue weighted by Crippen LogP contribution is 2.27. The molecule has 1 aromatic carbocycles. The number of rotatable bonds is 8. The van der Waals surface area contributed by atoms with E-state index in [9.17, 15) is 8.42 Å². The SMILES string of the molecule is COc1ccc(CCNc2ccc(S(=O)(=O)N3CCOCC3)c[nH+]2)cc1OC. The number of ether oxygens (including phenoxy) is 3. The van der Waals surface area contributed by atoms with Crippen molar-refractivity contribution in [1.29, 1.82) is 0 Å². The van der Waals surface area contributed by atoms with E-state index in [-0.39, 0.29) is 4.90 Å². The van der Waals surface area contributed by atoms with Crippen molar-refractivity contribution in [1.82, 2.24) is 4.31 Å². The number of nitrogens with one attached hydrogen (secondary N) is 2. The van der Waals surface area contributed by atoms with Crippen molar-refractivity contribution in [2.24, 2.45) is 0 Å². The number of pyridine rings is 1. The first kappa shape index (κ1) is 20.4. The van der Waals surface area contributed by atoms with E-state index in [1.807, 2.05) is 18.2 Å². The molecule has 8 nitrogen and oxygen atoms in total. The van der Waals surface area contributed by atoms with Gasteiger partial charge in [-0.05, 0) is 23.8 Å². The monoisotopic (exact) mass is 408 g/mol. The summed E-state index contributed by atoms with van der Waals surface area (Å²) in [5, 5.41) is 3.26. The predicted molar refractivity (Wildman–Crippen MR) is 104 cm³/mol. The minimum Gasteiger partial charge on any atom is -0.493 e. The maximum atomic E-state index is 12.6. The Labute approximate surface area is 165 Å². The molecule has 1 aromatic heterocycles. The third-order valence-electron chi connectivity index (χ3n) is 4.57. The van der Waals surface area contributed by atoms with Crippen LogP contribution in [0.5, 0.6) is 11.5 Å². The average molecular weight is 409 g/mol. The summed E-state index contributed by atoms with van der Waals surface area (Å²) in [5.74, 6) is 2.15. The number of methoxy groups -OCH3 is 2. The van der Waals surface area contributed by atoms with E-state index < -0.39 is 10.0 Å². The maximum Gasteiger partial charge on any atom is 0.272 e. The Hall–Kier alpha value is -2.36. The van der Waals surface area contributed by atoms with Crippen LogP contribution < -0.4 is 19.8 Å². The van der Waals surface area contributed by atoms with Crippen LogP contribution in [-0.4, -0.2) is 59.8 Å². The summed E-state index contributed by atoms with van der Waals surface area (Å²) in [5.41, 5.74) is 1.11. The van der Waals surface area contributed by atoms with Gasteiger partial charge in [-0.15, -0.1) is 0 Å². The standard InChI is InChI=1S/C19H25N3O5S/c1-25-17-5-3-15(13-18(17)26-2)7-8-20-19-6-4-16(14-21-19)28(23,24)22-9-11-27-12-10-22/h3-6,13-14H,7-12H2,1-2H3,(H,20,21)/p+1. The van der Waals surface area contributed by atoms with E-state index in [0.717, 1.165) is 17.8 Å². The van der Waals surface area contributed by atoms with Crippen molar-refractivity contribution >= 4 is 15.8 Å². The number of hydrogen-bond donors (Lipinski definition) is 1. The molecule has 1 saturated heterocycles. The molecule has 9 heteroatoms. The second kappa shape index (κ2) is 9.22. The van der Waals surface area contributed by atoms with Crippen LogP contribution in [0.25, 0.3) is 0 Å². The quantitative estimate of drug-likeness (QED) is 0.706. The summed E-state index contributed by atoms with van der Waals surface area (Å²) in [6, 6.07) is 9.17. The van der Waals surface area contributed by atoms with Gasteiger partial charge in [-0.1, -0.05) is 6.07 Å². The van der Waals surface area contributed by atoms with Crippen LogP contribution in [-0.2, 0) is 21.2 Å². The van der Waals surface area contributed by atoms with Crippen molar-refractivity contribution in [3.05, 3.63) is 42.1 Å². The van der Waals surface area contributed by atoms with Gasteiger partial charge in [0.2, 0.25) is 10.0 Å². The number of morpholine rings is 1. The molecule has 0 bridgehead atoms. The Morgan fingerprint density at radius 1 is 1.11 bits per heavy atom. The lowest BCUT2D eigenvalue weighted by Gasteiger charge is -2.25. The molecule has 0 amide bonds. The summed E-state index contributed by atoms with van der Waals surface area (Å²) in [4.78, 5) is 3.27. The van der Waals surface area contributed by atoms with Crippen molar-refractivity contribution < 1.29 is 27.6 Å². The zero-order chi connectivity index (χ0) is 20.0. The number of nitrogens with zero attached hydrogens (tertiary/aromatic N) is 1. The van der Waals surface area contributed by atoms with E-state index >= 15 is 0 Å². The van der Waals surface area contributed by atoms with Gasteiger partial charge in [0.25, 0.3) is 5.82 Å². The van der Waals surface area contributed by atoms with E-state index in [0.29, 0.717) is 44.3 Å². The third kappa shape index (κ3) is 4.73. The molecule has 2 N–H and O–H groups in total. The number of sulfonamides is 1. The smallest absolute Gasteiger partial charge is 0.272 e. The Bertz CT molecular complexity index is 881. The second-order valence-corrected chi connectivity index (χ2v) is 8.26. The van der Waals surface area contributed by atoms with Gasteiger partial charge >= 0.3 is 0 Å². The molecule has 0 spiro atoms. The molecule has 0 unspecified atom stereocenters. The number of aromatic nitrogens is 1. The maximum absolute atomic E-state index is 12.6. The predicted octanol–water partition coefficient (Wildman–Crippen LogP) is 1.19. The lowest BCUT2D eigenvalue weighted by atomic mass is 10.1. The van der Waals surface area contributed by atoms with Gasteiger partial charge in [-0.2, -0.15) is 4.31 Å². The number of H-pyrrole nitrogens is 1. The molecule has 0 radical (unpaired) electrons. The summed E-state index contributed by atoms with van der Waals surface area (Å²) in [6.45, 7) is 2.31. The Kier molecular flexibility index (Phi) is 6.71. The Morgan fingerprint density at radius 3 is 2.50 bits per heavy atom. The molecule has 1 fully saturated rings. The topological polar surface area (TPSA) is 91.2 Å². The molecule has 28 heavy (non-hydrogen) atoms. The molecule has 2 aromatic rings. The largest absolute Gasteiger partial charge is 0.493 e. The van der Waals surface area contributed by atoms with Gasteiger partial charge in [0.05, 0.1) is 34.0 Å². The van der Waals surface area contributed by atoms with Gasteiger partial charge in [-0.25, -0.2) is 13.4 Å². The molecule has 1 aliphatic rings. The van der Waals surface area contributed by atoms with Gasteiger partial charge in [0.15, 0.2) is 11.5 Å². The van der Waals surface area contributed by atoms with Gasteiger partial charge < -0.3 is 14.2 Å². The molecular weight excluding hydrogens is 382 g/mol. The molecule has 2 heterocycles. The molecule has 152 valence electrons. The summed E-state index contributed by atoms with van der Waals surface area (Å²) >= 11 is 0. The normalized spacial score (nSPS) is 15.2. The highest BCUT2D eigenvalue weighted by atomic mass is 32.2. The molecule has 3 rings (SSSR count). The first-order valence-corrected chi connectivity index (χ1v) is 10.5. The van der Waals surface area contributed by atoms with E-state index in [1.165, 1.54) is 10.5 Å². The number of benzene rings is 1. The summed E-state index contributed by atoms with van der Waals surface area (Å²) in [6.07, 6.45) is 2.30. The molecule has 0 saturated carbocycles. The highest BCUT2D eigenvalue weighted by molar-refractivity contribution is 7.89. The van der Waals surface area contributed by atoms with Crippen molar-refractivity contribution in [2.75, 3.05) is 52.4 Å². The molecule has 0 atom stereocenters. The third-order valence-corrected chi connectivity index (χ3v) is 6.46. The first-order chi connectivity index (χ1) is 13.5. The van der Waals surface area contributed by atoms with E-state index in [4.69, 9.17) is 14.2 Å². The summed E-state index contributed by atoms with van der Waals surface area (Å²) in [7, 11) is -0.267. The zero-order valence-electron chi connectivity index (χ0n) is 16.1. The van der Waals surface area contributed by atoms with Crippen LogP contribution in [0.4, 0.5) is 5.82 Å². The highest BCUT2D eigenvalue weighted by Gasteiger charge is 2.27. The van der Waals surface area contributed by atoms with Crippen molar-refractivity contribution in [2.45, 2.75) is 11.3 Å². The van der Waals surface area contributed by atoms with E-state index in [2.05, 4.69) is 10.3 Å². The van der Waals surface area contributed by atoms with Gasteiger partial charge in [0.1, 0.15) is 11.1 Å². The minimum atomic E-state index is -3.49. The molecule has 1 aliphatic heterocycles. The van der Waals surface area contributed by atoms with Gasteiger partial charge in [0, 0.05) is 25.6 Å². The number of aromatic amines is 1. The van der Waals surface area contributed by atoms with Crippen LogP contribution in [0.15, 0.2) is 41.4 Å². The van der Waals surface area contributed by atoms with Crippen LogP contribution in [0, 0.1) is 0 Å². The Balaban J connectivity index is 1.57. The lowest BCUT2D eigenvalue weighted by Crippen LogP contribution is -2.40. The first-order valence-electron chi connectivity index (χ1n) is 9.09. The van der Waals surface area contributed by atoms with Crippen LogP contribution >= 0.6 is 0 Å². The van der Waals surface area contributed by atoms with Gasteiger partial charge in [-0.3, -0.25) is 5.32 Å². The van der Waals surface area contributed by atoms with Crippen LogP contribution in [0.3, 0.4) is 0 Å². The fraction of sp³-hybridized carbons (Fsp3) is 0.421. The van der Waals surface area contributed by atoms with Crippen molar-refractivity contribution in [3.63, 3.8) is 0 Å². The second-order valence-electron chi connectivity index (χ2n) is 6.32. The minimum absolute atomic E-state index is 0.250. The van der Waals surface area contributed by atoms with E-state index in [1.54, 1.807) is 26.4 Å². The zero-order valence-corrected chi connectivity index (χ0v) is 16.9. The fourth-order valence-electron chi connectivity index (χ4n) is 2.99. The number of anilines is 1. The fourth-order valence-corrected chi connectivity index (χ4v) is 4.37. The summed E-state index contributed by atoms with van der Waals surface area (Å²) < 4.78 is 42.5. The molecule has 0 aliphatic carbocycles. The van der Waals surface area contributed by atoms with Crippen LogP contribution in [0.2, 0.25) is 0 Å². The Morgan fingerprint density at radius 2 is 1.86 bits per heavy atom. The number of hydrogen-bond acceptors (Lipinski definition) is 6. The van der Waals surface area contributed by atoms with Crippen LogP contribution in [0.1, 0.15) is 5.56 Å². The molecular formula is C19H26N3O5S+. The lowest BCUT2D eigenvalue weighted by molar-refractivity contribution is -0.364. The average Bonchev–Trinajstić information content (AvgIpc) is 2.74. The van der Waals surface area contributed by atoms with Crippen molar-refractivity contribution in [3.8, 4) is 11.5 Å².